The molecule has 0 aliphatic carbocycles. The first-order chi connectivity index (χ1) is 13.7. The quantitative estimate of drug-likeness (QED) is 0.612. The van der Waals surface area contributed by atoms with E-state index in [1.807, 2.05) is 12.1 Å². The number of carbonyl (C=O) groups is 1. The Bertz CT molecular complexity index is 1170. The normalized spacial score (nSPS) is 17.0. The van der Waals surface area contributed by atoms with Crippen LogP contribution in [0.4, 0.5) is 11.4 Å². The number of nitrogens with one attached hydrogen (secondary N) is 3. The van der Waals surface area contributed by atoms with E-state index in [0.717, 1.165) is 40.6 Å². The summed E-state index contributed by atoms with van der Waals surface area (Å²) >= 11 is 0. The molecule has 2 aliphatic heterocycles. The number of H-pyrrole nitrogens is 1. The average molecular weight is 375 g/mol. The molecule has 3 heterocycles. The highest BCUT2D eigenvalue weighted by Gasteiger charge is 2.33. The summed E-state index contributed by atoms with van der Waals surface area (Å²) in [7, 11) is 0. The summed E-state index contributed by atoms with van der Waals surface area (Å²) in [5.74, 6) is -0.770. The van der Waals surface area contributed by atoms with Gasteiger partial charge >= 0.3 is 5.97 Å². The number of anilines is 2. The van der Waals surface area contributed by atoms with Crippen molar-refractivity contribution in [2.75, 3.05) is 30.3 Å². The number of esters is 1. The minimum Gasteiger partial charge on any atom is -0.465 e. The fourth-order valence-electron chi connectivity index (χ4n) is 4.27. The molecule has 28 heavy (non-hydrogen) atoms. The fraction of sp³-hybridized carbons (Fsp3) is 0.273. The van der Waals surface area contributed by atoms with Gasteiger partial charge in [0.2, 0.25) is 0 Å². The smallest absolute Gasteiger partial charge is 0.315 e. The molecule has 0 saturated carbocycles. The monoisotopic (exact) mass is 375 g/mol. The third kappa shape index (κ3) is 2.56. The van der Waals surface area contributed by atoms with Crippen LogP contribution in [0, 0.1) is 0 Å². The van der Waals surface area contributed by atoms with E-state index in [-0.39, 0.29) is 11.5 Å². The van der Waals surface area contributed by atoms with Gasteiger partial charge in [-0.05, 0) is 54.3 Å². The first-order valence-electron chi connectivity index (χ1n) is 9.63. The molecule has 6 heteroatoms. The first-order valence-corrected chi connectivity index (χ1v) is 9.63. The van der Waals surface area contributed by atoms with Crippen molar-refractivity contribution in [3.8, 4) is 11.1 Å². The van der Waals surface area contributed by atoms with Crippen LogP contribution in [0.1, 0.15) is 24.0 Å². The maximum Gasteiger partial charge on any atom is 0.315 e. The third-order valence-electron chi connectivity index (χ3n) is 5.61. The molecule has 1 unspecified atom stereocenters. The molecule has 0 amide bonds. The molecule has 3 N–H and O–H groups in total. The summed E-state index contributed by atoms with van der Waals surface area (Å²) < 4.78 is 5.24. The minimum absolute atomic E-state index is 0.203. The van der Waals surface area contributed by atoms with Gasteiger partial charge in [-0.3, -0.25) is 9.59 Å². The van der Waals surface area contributed by atoms with Crippen molar-refractivity contribution >= 4 is 28.2 Å². The maximum absolute atomic E-state index is 12.5. The maximum atomic E-state index is 12.5. The van der Waals surface area contributed by atoms with Crippen LogP contribution in [0.2, 0.25) is 0 Å². The molecular formula is C22H21N3O3. The van der Waals surface area contributed by atoms with Gasteiger partial charge in [-0.25, -0.2) is 0 Å². The van der Waals surface area contributed by atoms with Crippen LogP contribution in [0.15, 0.2) is 41.2 Å². The van der Waals surface area contributed by atoms with Gasteiger partial charge < -0.3 is 20.4 Å². The van der Waals surface area contributed by atoms with Crippen molar-refractivity contribution in [3.63, 3.8) is 0 Å². The number of hydrogen-bond acceptors (Lipinski definition) is 5. The van der Waals surface area contributed by atoms with Gasteiger partial charge in [-0.2, -0.15) is 0 Å². The molecule has 1 atom stereocenters. The van der Waals surface area contributed by atoms with Gasteiger partial charge in [0.1, 0.15) is 11.6 Å². The lowest BCUT2D eigenvalue weighted by Crippen LogP contribution is -2.17. The van der Waals surface area contributed by atoms with E-state index in [9.17, 15) is 9.59 Å². The lowest BCUT2D eigenvalue weighted by molar-refractivity contribution is -0.144. The zero-order valence-electron chi connectivity index (χ0n) is 15.6. The van der Waals surface area contributed by atoms with Crippen LogP contribution in [-0.4, -0.2) is 30.6 Å². The Balaban J connectivity index is 1.67. The lowest BCUT2D eigenvalue weighted by Gasteiger charge is -2.13. The van der Waals surface area contributed by atoms with E-state index in [0.29, 0.717) is 18.8 Å². The zero-order valence-corrected chi connectivity index (χ0v) is 15.6. The SMILES string of the molecule is CCOC(=O)C1CNc2c1c1cc(-c3ccc4c(c3)CCN4)ccc1[nH]c2=O. The molecule has 0 spiro atoms. The van der Waals surface area contributed by atoms with Crippen LogP contribution in [0.3, 0.4) is 0 Å². The minimum atomic E-state index is -0.473. The number of fused-ring (bicyclic) bond motifs is 4. The van der Waals surface area contributed by atoms with E-state index in [1.165, 1.54) is 11.3 Å². The van der Waals surface area contributed by atoms with Crippen LogP contribution in [0.5, 0.6) is 0 Å². The molecular weight excluding hydrogens is 354 g/mol. The second-order valence-electron chi connectivity index (χ2n) is 7.24. The van der Waals surface area contributed by atoms with Gasteiger partial charge in [0.25, 0.3) is 5.56 Å². The second-order valence-corrected chi connectivity index (χ2v) is 7.24. The Hall–Kier alpha value is -3.28. The van der Waals surface area contributed by atoms with Crippen molar-refractivity contribution in [1.29, 1.82) is 0 Å². The van der Waals surface area contributed by atoms with E-state index >= 15 is 0 Å². The summed E-state index contributed by atoms with van der Waals surface area (Å²) in [5, 5.41) is 7.35. The van der Waals surface area contributed by atoms with Gasteiger partial charge in [0.05, 0.1) is 6.61 Å². The highest BCUT2D eigenvalue weighted by Crippen LogP contribution is 2.37. The number of ether oxygens (including phenoxy) is 1. The molecule has 142 valence electrons. The molecule has 6 nitrogen and oxygen atoms in total. The third-order valence-corrected chi connectivity index (χ3v) is 5.61. The van der Waals surface area contributed by atoms with Crippen molar-refractivity contribution < 1.29 is 9.53 Å². The second kappa shape index (κ2) is 6.41. The fourth-order valence-corrected chi connectivity index (χ4v) is 4.27. The Morgan fingerprint density at radius 2 is 1.96 bits per heavy atom. The number of benzene rings is 2. The highest BCUT2D eigenvalue weighted by atomic mass is 16.5. The molecule has 3 aromatic rings. The number of hydrogen-bond donors (Lipinski definition) is 3. The van der Waals surface area contributed by atoms with E-state index < -0.39 is 5.92 Å². The van der Waals surface area contributed by atoms with Gasteiger partial charge in [-0.1, -0.05) is 12.1 Å². The standard InChI is InChI=1S/C22H21N3O3/c1-2-28-22(27)16-11-24-20-19(16)15-10-13(4-6-18(15)25-21(20)26)12-3-5-17-14(9-12)7-8-23-17/h3-6,9-10,16,23-24H,2,7-8,11H2,1H3,(H,25,26). The average Bonchev–Trinajstić information content (AvgIpc) is 3.35. The number of aromatic amines is 1. The van der Waals surface area contributed by atoms with Gasteiger partial charge in [0, 0.05) is 35.2 Å². The van der Waals surface area contributed by atoms with Crippen LogP contribution in [0.25, 0.3) is 22.0 Å². The van der Waals surface area contributed by atoms with Crippen molar-refractivity contribution in [2.24, 2.45) is 0 Å². The van der Waals surface area contributed by atoms with Crippen molar-refractivity contribution in [1.82, 2.24) is 4.98 Å². The first kappa shape index (κ1) is 16.9. The molecule has 2 aliphatic rings. The highest BCUT2D eigenvalue weighted by molar-refractivity contribution is 5.97. The molecule has 0 saturated heterocycles. The van der Waals surface area contributed by atoms with Gasteiger partial charge in [-0.15, -0.1) is 0 Å². The lowest BCUT2D eigenvalue weighted by atomic mass is 9.94. The van der Waals surface area contributed by atoms with Crippen molar-refractivity contribution in [2.45, 2.75) is 19.3 Å². The summed E-state index contributed by atoms with van der Waals surface area (Å²) in [6, 6.07) is 12.4. The molecule has 5 rings (SSSR count). The van der Waals surface area contributed by atoms with Crippen LogP contribution in [-0.2, 0) is 16.0 Å². The predicted molar refractivity (Wildman–Crippen MR) is 110 cm³/mol. The number of aromatic nitrogens is 1. The zero-order chi connectivity index (χ0) is 19.3. The summed E-state index contributed by atoms with van der Waals surface area (Å²) in [5.41, 5.74) is 6.44. The van der Waals surface area contributed by atoms with Crippen LogP contribution >= 0.6 is 0 Å². The van der Waals surface area contributed by atoms with Gasteiger partial charge in [0.15, 0.2) is 0 Å². The Labute approximate surface area is 161 Å². The molecule has 1 aromatic heterocycles. The molecule has 0 bridgehead atoms. The Morgan fingerprint density at radius 3 is 2.82 bits per heavy atom. The number of carbonyl (C=O) groups excluding carboxylic acids is 1. The molecule has 0 radical (unpaired) electrons. The predicted octanol–water partition coefficient (Wildman–Crippen LogP) is 3.24. The van der Waals surface area contributed by atoms with E-state index in [2.05, 4.69) is 39.9 Å². The van der Waals surface area contributed by atoms with Crippen LogP contribution < -0.4 is 16.2 Å². The summed E-state index contributed by atoms with van der Waals surface area (Å²) in [6.07, 6.45) is 1.02. The molecule has 2 aromatic carbocycles. The topological polar surface area (TPSA) is 83.2 Å². The van der Waals surface area contributed by atoms with Crippen molar-refractivity contribution in [3.05, 3.63) is 57.9 Å². The summed E-state index contributed by atoms with van der Waals surface area (Å²) in [4.78, 5) is 27.8. The largest absolute Gasteiger partial charge is 0.465 e. The Kier molecular flexibility index (Phi) is 3.86. The summed E-state index contributed by atoms with van der Waals surface area (Å²) in [6.45, 7) is 3.46. The van der Waals surface area contributed by atoms with E-state index in [1.54, 1.807) is 6.92 Å². The van der Waals surface area contributed by atoms with E-state index in [4.69, 9.17) is 4.74 Å². The molecule has 0 fully saturated rings. The number of rotatable bonds is 3. The Morgan fingerprint density at radius 1 is 1.14 bits per heavy atom. The number of pyridine rings is 1.